The lowest BCUT2D eigenvalue weighted by atomic mass is 9.94. The number of nitrogens with zero attached hydrogens (tertiary/aromatic N) is 4. The van der Waals surface area contributed by atoms with E-state index in [0.717, 1.165) is 43.1 Å². The van der Waals surface area contributed by atoms with Crippen molar-refractivity contribution in [2.45, 2.75) is 57.9 Å². The molecule has 154 valence electrons. The summed E-state index contributed by atoms with van der Waals surface area (Å²) in [5.41, 5.74) is 3.68. The topological polar surface area (TPSA) is 49.3 Å². The van der Waals surface area contributed by atoms with Crippen molar-refractivity contribution in [3.63, 3.8) is 0 Å². The first kappa shape index (κ1) is 20.0. The van der Waals surface area contributed by atoms with Gasteiger partial charge in [-0.05, 0) is 43.8 Å². The number of fused-ring (bicyclic) bond motifs is 1. The summed E-state index contributed by atoms with van der Waals surface area (Å²) in [5, 5.41) is 0. The Balaban J connectivity index is 1.36. The van der Waals surface area contributed by atoms with Crippen LogP contribution in [0.3, 0.4) is 0 Å². The summed E-state index contributed by atoms with van der Waals surface area (Å²) in [7, 11) is 0. The van der Waals surface area contributed by atoms with Crippen LogP contribution in [0.5, 0.6) is 0 Å². The SMILES string of the molecule is CC(=O)N1CCc2nc([C@@H]3CCCN(CC[C@@H](C)c4ccccc4)C3)ncc2C1. The molecular weight excluding hydrogens is 360 g/mol. The van der Waals surface area contributed by atoms with Crippen LogP contribution in [0.4, 0.5) is 0 Å². The van der Waals surface area contributed by atoms with Gasteiger partial charge in [-0.2, -0.15) is 0 Å². The van der Waals surface area contributed by atoms with Crippen molar-refractivity contribution in [3.05, 3.63) is 59.2 Å². The molecule has 2 aliphatic heterocycles. The smallest absolute Gasteiger partial charge is 0.219 e. The molecule has 0 saturated carbocycles. The van der Waals surface area contributed by atoms with Gasteiger partial charge >= 0.3 is 0 Å². The van der Waals surface area contributed by atoms with Gasteiger partial charge in [-0.3, -0.25) is 4.79 Å². The zero-order chi connectivity index (χ0) is 20.2. The van der Waals surface area contributed by atoms with Gasteiger partial charge in [0.25, 0.3) is 0 Å². The second kappa shape index (κ2) is 9.04. The minimum Gasteiger partial charge on any atom is -0.338 e. The highest BCUT2D eigenvalue weighted by atomic mass is 16.2. The van der Waals surface area contributed by atoms with Gasteiger partial charge in [0.15, 0.2) is 0 Å². The van der Waals surface area contributed by atoms with Gasteiger partial charge in [0.2, 0.25) is 5.91 Å². The minimum atomic E-state index is 0.132. The summed E-state index contributed by atoms with van der Waals surface area (Å²) < 4.78 is 0. The van der Waals surface area contributed by atoms with E-state index in [1.165, 1.54) is 31.4 Å². The minimum absolute atomic E-state index is 0.132. The van der Waals surface area contributed by atoms with Crippen LogP contribution in [0.25, 0.3) is 0 Å². The Kier molecular flexibility index (Phi) is 6.24. The maximum atomic E-state index is 11.6. The first-order valence-corrected chi connectivity index (χ1v) is 11.0. The number of likely N-dealkylation sites (tertiary alicyclic amines) is 1. The number of aromatic nitrogens is 2. The Morgan fingerprint density at radius 2 is 2.07 bits per heavy atom. The van der Waals surface area contributed by atoms with Gasteiger partial charge in [-0.15, -0.1) is 0 Å². The molecule has 0 aliphatic carbocycles. The van der Waals surface area contributed by atoms with E-state index in [-0.39, 0.29) is 5.91 Å². The fourth-order valence-electron chi connectivity index (χ4n) is 4.59. The summed E-state index contributed by atoms with van der Waals surface area (Å²) in [4.78, 5) is 25.7. The highest BCUT2D eigenvalue weighted by Crippen LogP contribution is 2.27. The fraction of sp³-hybridized carbons (Fsp3) is 0.542. The number of benzene rings is 1. The molecule has 1 amide bonds. The van der Waals surface area contributed by atoms with E-state index in [9.17, 15) is 4.79 Å². The Labute approximate surface area is 174 Å². The molecule has 1 fully saturated rings. The van der Waals surface area contributed by atoms with Gasteiger partial charge in [-0.25, -0.2) is 9.97 Å². The van der Waals surface area contributed by atoms with E-state index < -0.39 is 0 Å². The van der Waals surface area contributed by atoms with E-state index in [2.05, 4.69) is 42.2 Å². The molecule has 0 unspecified atom stereocenters. The van der Waals surface area contributed by atoms with E-state index in [1.54, 1.807) is 6.92 Å². The molecule has 4 rings (SSSR count). The van der Waals surface area contributed by atoms with Crippen molar-refractivity contribution in [2.75, 3.05) is 26.2 Å². The summed E-state index contributed by atoms with van der Waals surface area (Å²) in [5.74, 6) is 2.14. The Bertz CT molecular complexity index is 838. The molecule has 1 saturated heterocycles. The number of carbonyl (C=O) groups is 1. The van der Waals surface area contributed by atoms with Gasteiger partial charge in [0.05, 0.1) is 5.69 Å². The largest absolute Gasteiger partial charge is 0.338 e. The Morgan fingerprint density at radius 1 is 1.24 bits per heavy atom. The van der Waals surface area contributed by atoms with Crippen molar-refractivity contribution in [1.29, 1.82) is 0 Å². The quantitative estimate of drug-likeness (QED) is 0.777. The summed E-state index contributed by atoms with van der Waals surface area (Å²) in [6.07, 6.45) is 6.37. The monoisotopic (exact) mass is 392 g/mol. The number of carbonyl (C=O) groups excluding carboxylic acids is 1. The number of piperidine rings is 1. The average molecular weight is 393 g/mol. The zero-order valence-corrected chi connectivity index (χ0v) is 17.7. The van der Waals surface area contributed by atoms with Crippen LogP contribution >= 0.6 is 0 Å². The third-order valence-electron chi connectivity index (χ3n) is 6.52. The van der Waals surface area contributed by atoms with Crippen LogP contribution in [0.1, 0.15) is 67.6 Å². The van der Waals surface area contributed by atoms with Crippen molar-refractivity contribution >= 4 is 5.91 Å². The number of hydrogen-bond acceptors (Lipinski definition) is 4. The van der Waals surface area contributed by atoms with Crippen LogP contribution in [-0.2, 0) is 17.8 Å². The lowest BCUT2D eigenvalue weighted by Crippen LogP contribution is -2.37. The van der Waals surface area contributed by atoms with Crippen molar-refractivity contribution in [3.8, 4) is 0 Å². The van der Waals surface area contributed by atoms with Crippen LogP contribution in [-0.4, -0.2) is 51.9 Å². The Hall–Kier alpha value is -2.27. The number of rotatable bonds is 5. The van der Waals surface area contributed by atoms with Gasteiger partial charge < -0.3 is 9.80 Å². The predicted molar refractivity (Wildman–Crippen MR) is 115 cm³/mol. The molecule has 29 heavy (non-hydrogen) atoms. The maximum absolute atomic E-state index is 11.6. The van der Waals surface area contributed by atoms with E-state index in [1.807, 2.05) is 11.1 Å². The third-order valence-corrected chi connectivity index (χ3v) is 6.52. The second-order valence-electron chi connectivity index (χ2n) is 8.63. The summed E-state index contributed by atoms with van der Waals surface area (Å²) in [6, 6.07) is 10.8. The van der Waals surface area contributed by atoms with E-state index in [4.69, 9.17) is 9.97 Å². The lowest BCUT2D eigenvalue weighted by molar-refractivity contribution is -0.129. The predicted octanol–water partition coefficient (Wildman–Crippen LogP) is 3.75. The van der Waals surface area contributed by atoms with Gasteiger partial charge in [-0.1, -0.05) is 37.3 Å². The number of amides is 1. The van der Waals surface area contributed by atoms with E-state index >= 15 is 0 Å². The number of hydrogen-bond donors (Lipinski definition) is 0. The highest BCUT2D eigenvalue weighted by Gasteiger charge is 2.26. The fourth-order valence-corrected chi connectivity index (χ4v) is 4.59. The standard InChI is InChI=1S/C24H32N4O/c1-18(20-7-4-3-5-8-20)10-13-27-12-6-9-21(16-27)24-25-15-22-17-28(19(2)29)14-11-23(22)26-24/h3-5,7-8,15,18,21H,6,9-14,16-17H2,1-2H3/t18-,21-/m1/s1. The van der Waals surface area contributed by atoms with Crippen molar-refractivity contribution < 1.29 is 4.79 Å². The molecule has 5 nitrogen and oxygen atoms in total. The molecule has 2 atom stereocenters. The molecule has 0 N–H and O–H groups in total. The van der Waals surface area contributed by atoms with Gasteiger partial charge in [0.1, 0.15) is 5.82 Å². The second-order valence-corrected chi connectivity index (χ2v) is 8.63. The average Bonchev–Trinajstić information content (AvgIpc) is 2.77. The molecule has 0 spiro atoms. The first-order valence-electron chi connectivity index (χ1n) is 11.0. The molecule has 0 bridgehead atoms. The molecule has 0 radical (unpaired) electrons. The third kappa shape index (κ3) is 4.84. The van der Waals surface area contributed by atoms with E-state index in [0.29, 0.717) is 18.4 Å². The molecule has 3 heterocycles. The van der Waals surface area contributed by atoms with Gasteiger partial charge in [0, 0.05) is 50.7 Å². The molecule has 1 aromatic carbocycles. The maximum Gasteiger partial charge on any atom is 0.219 e. The Morgan fingerprint density at radius 3 is 2.86 bits per heavy atom. The summed E-state index contributed by atoms with van der Waals surface area (Å²) in [6.45, 7) is 8.75. The highest BCUT2D eigenvalue weighted by molar-refractivity contribution is 5.73. The zero-order valence-electron chi connectivity index (χ0n) is 17.7. The molecule has 2 aromatic rings. The van der Waals surface area contributed by atoms with Crippen LogP contribution in [0, 0.1) is 0 Å². The van der Waals surface area contributed by atoms with Crippen molar-refractivity contribution in [2.24, 2.45) is 0 Å². The lowest BCUT2D eigenvalue weighted by Gasteiger charge is -2.33. The van der Waals surface area contributed by atoms with Crippen molar-refractivity contribution in [1.82, 2.24) is 19.8 Å². The first-order chi connectivity index (χ1) is 14.1. The van der Waals surface area contributed by atoms with Crippen LogP contribution in [0.15, 0.2) is 36.5 Å². The molecular formula is C24H32N4O. The molecule has 2 aliphatic rings. The van der Waals surface area contributed by atoms with Crippen LogP contribution in [0.2, 0.25) is 0 Å². The van der Waals surface area contributed by atoms with Crippen LogP contribution < -0.4 is 0 Å². The molecule has 1 aromatic heterocycles. The normalized spacial score (nSPS) is 20.9. The summed E-state index contributed by atoms with van der Waals surface area (Å²) >= 11 is 0. The molecule has 5 heteroatoms.